The molecule has 1 aromatic carbocycles. The van der Waals surface area contributed by atoms with E-state index in [4.69, 9.17) is 9.47 Å². The number of rotatable bonds is 15. The number of aldehydes is 1. The van der Waals surface area contributed by atoms with Gasteiger partial charge in [-0.3, -0.25) is 14.4 Å². The van der Waals surface area contributed by atoms with E-state index < -0.39 is 24.2 Å². The van der Waals surface area contributed by atoms with Crippen LogP contribution in [-0.2, 0) is 9.59 Å². The number of nitrogens with one attached hydrogen (secondary N) is 1. The van der Waals surface area contributed by atoms with Crippen molar-refractivity contribution < 1.29 is 34.1 Å². The van der Waals surface area contributed by atoms with Crippen molar-refractivity contribution in [2.45, 2.75) is 70.6 Å². The van der Waals surface area contributed by atoms with E-state index in [1.807, 2.05) is 29.5 Å². The first-order valence-electron chi connectivity index (χ1n) is 13.0. The first-order chi connectivity index (χ1) is 18.3. The number of carbonyl (C=O) groups is 3. The number of benzene rings is 1. The van der Waals surface area contributed by atoms with Crippen molar-refractivity contribution in [1.82, 2.24) is 10.2 Å². The molecule has 0 radical (unpaired) electrons. The summed E-state index contributed by atoms with van der Waals surface area (Å²) in [4.78, 5) is 39.1. The lowest BCUT2D eigenvalue weighted by Crippen LogP contribution is -2.55. The molecule has 0 fully saturated rings. The fourth-order valence-corrected chi connectivity index (χ4v) is 5.05. The van der Waals surface area contributed by atoms with Gasteiger partial charge in [0, 0.05) is 30.6 Å². The van der Waals surface area contributed by atoms with Crippen LogP contribution in [0.15, 0.2) is 35.9 Å². The Morgan fingerprint density at radius 2 is 2.00 bits per heavy atom. The standard InChI is InChI=1S/C28H39IN2O7/c1-4-6-8-9-12-31(25(34)10-7-5-2)22-16-20(28(36)30-11-13-32)17-23(26(22)35)38-27-21(29)14-19(18-33)15-24(27)37-3/h7,10,14-15,17-18,22-23,26,32,35H,4-6,8-9,11-13,16H2,1-3H3,(H,30,36). The number of allylic oxidation sites excluding steroid dienone is 1. The third-order valence-electron chi connectivity index (χ3n) is 6.29. The molecule has 9 nitrogen and oxygen atoms in total. The van der Waals surface area contributed by atoms with Gasteiger partial charge in [-0.15, -0.1) is 0 Å². The van der Waals surface area contributed by atoms with Gasteiger partial charge >= 0.3 is 0 Å². The van der Waals surface area contributed by atoms with Crippen molar-refractivity contribution in [2.24, 2.45) is 0 Å². The van der Waals surface area contributed by atoms with Gasteiger partial charge in [0.2, 0.25) is 11.8 Å². The highest BCUT2D eigenvalue weighted by molar-refractivity contribution is 14.1. The molecule has 0 heterocycles. The van der Waals surface area contributed by atoms with Crippen LogP contribution in [0, 0.1) is 3.57 Å². The molecule has 0 saturated heterocycles. The van der Waals surface area contributed by atoms with E-state index in [-0.39, 0.29) is 25.5 Å². The van der Waals surface area contributed by atoms with Crippen LogP contribution in [0.3, 0.4) is 0 Å². The lowest BCUT2D eigenvalue weighted by Gasteiger charge is -2.40. The van der Waals surface area contributed by atoms with Crippen LogP contribution < -0.4 is 14.8 Å². The Morgan fingerprint density at radius 3 is 2.63 bits per heavy atom. The van der Waals surface area contributed by atoms with Crippen LogP contribution in [-0.4, -0.2) is 78.3 Å². The second kappa shape index (κ2) is 16.5. The van der Waals surface area contributed by atoms with Gasteiger partial charge in [-0.1, -0.05) is 39.2 Å². The molecule has 0 aromatic heterocycles. The number of aliphatic hydroxyl groups is 2. The highest BCUT2D eigenvalue weighted by atomic mass is 127. The van der Waals surface area contributed by atoms with Gasteiger partial charge in [-0.2, -0.15) is 0 Å². The zero-order chi connectivity index (χ0) is 28.1. The van der Waals surface area contributed by atoms with Crippen LogP contribution in [0.5, 0.6) is 11.5 Å². The molecule has 0 bridgehead atoms. The number of aliphatic hydroxyl groups excluding tert-OH is 2. The van der Waals surface area contributed by atoms with Gasteiger partial charge in [0.1, 0.15) is 18.5 Å². The molecule has 0 aliphatic heterocycles. The van der Waals surface area contributed by atoms with Crippen LogP contribution in [0.1, 0.15) is 62.7 Å². The zero-order valence-corrected chi connectivity index (χ0v) is 24.5. The molecule has 0 spiro atoms. The molecular formula is C28H39IN2O7. The second-order valence-electron chi connectivity index (χ2n) is 9.07. The molecule has 3 unspecified atom stereocenters. The number of methoxy groups -OCH3 is 1. The average Bonchev–Trinajstić information content (AvgIpc) is 2.92. The van der Waals surface area contributed by atoms with E-state index in [1.165, 1.54) is 19.3 Å². The molecule has 1 aromatic rings. The molecule has 38 heavy (non-hydrogen) atoms. The quantitative estimate of drug-likeness (QED) is 0.116. The summed E-state index contributed by atoms with van der Waals surface area (Å²) in [6.45, 7) is 4.34. The fraction of sp³-hybridized carbons (Fsp3) is 0.536. The molecule has 0 saturated carbocycles. The number of nitrogens with zero attached hydrogens (tertiary/aromatic N) is 1. The Bertz CT molecular complexity index is 1010. The number of unbranched alkanes of at least 4 members (excludes halogenated alkanes) is 3. The number of ether oxygens (including phenoxy) is 2. The Morgan fingerprint density at radius 1 is 1.24 bits per heavy atom. The molecule has 10 heteroatoms. The van der Waals surface area contributed by atoms with Gasteiger partial charge in [0.15, 0.2) is 11.5 Å². The molecule has 1 aliphatic rings. The van der Waals surface area contributed by atoms with Crippen molar-refractivity contribution in [3.05, 3.63) is 45.1 Å². The van der Waals surface area contributed by atoms with Crippen molar-refractivity contribution in [3.63, 3.8) is 0 Å². The maximum atomic E-state index is 13.2. The van der Waals surface area contributed by atoms with E-state index >= 15 is 0 Å². The maximum Gasteiger partial charge on any atom is 0.247 e. The normalized spacial score (nSPS) is 19.1. The summed E-state index contributed by atoms with van der Waals surface area (Å²) in [6, 6.07) is 2.46. The molecule has 3 N–H and O–H groups in total. The van der Waals surface area contributed by atoms with E-state index in [2.05, 4.69) is 12.2 Å². The van der Waals surface area contributed by atoms with Crippen molar-refractivity contribution >= 4 is 40.7 Å². The first kappa shape index (κ1) is 31.8. The minimum Gasteiger partial charge on any atom is -0.493 e. The monoisotopic (exact) mass is 642 g/mol. The summed E-state index contributed by atoms with van der Waals surface area (Å²) in [5.74, 6) is 0.00325. The van der Waals surface area contributed by atoms with Crippen molar-refractivity contribution in [3.8, 4) is 11.5 Å². The number of amides is 2. The van der Waals surface area contributed by atoms with E-state index in [9.17, 15) is 24.6 Å². The Balaban J connectivity index is 2.48. The van der Waals surface area contributed by atoms with E-state index in [1.54, 1.807) is 23.1 Å². The summed E-state index contributed by atoms with van der Waals surface area (Å²) in [6.07, 6.45) is 8.05. The summed E-state index contributed by atoms with van der Waals surface area (Å²) in [5, 5.41) is 23.3. The largest absolute Gasteiger partial charge is 0.493 e. The molecule has 3 atom stereocenters. The summed E-state index contributed by atoms with van der Waals surface area (Å²) in [7, 11) is 1.45. The predicted octanol–water partition coefficient (Wildman–Crippen LogP) is 3.40. The first-order valence-corrected chi connectivity index (χ1v) is 14.1. The van der Waals surface area contributed by atoms with Crippen LogP contribution in [0.25, 0.3) is 0 Å². The highest BCUT2D eigenvalue weighted by Crippen LogP contribution is 2.37. The highest BCUT2D eigenvalue weighted by Gasteiger charge is 2.40. The van der Waals surface area contributed by atoms with Crippen LogP contribution in [0.2, 0.25) is 0 Å². The van der Waals surface area contributed by atoms with E-state index in [0.717, 1.165) is 25.7 Å². The second-order valence-corrected chi connectivity index (χ2v) is 10.2. The van der Waals surface area contributed by atoms with Crippen LogP contribution in [0.4, 0.5) is 0 Å². The molecule has 2 rings (SSSR count). The Labute approximate surface area is 238 Å². The van der Waals surface area contributed by atoms with Gasteiger partial charge < -0.3 is 29.9 Å². The van der Waals surface area contributed by atoms with E-state index in [0.29, 0.717) is 45.5 Å². The lowest BCUT2D eigenvalue weighted by molar-refractivity contribution is -0.133. The minimum atomic E-state index is -1.14. The van der Waals surface area contributed by atoms with Crippen molar-refractivity contribution in [2.75, 3.05) is 26.8 Å². The summed E-state index contributed by atoms with van der Waals surface area (Å²) < 4.78 is 12.3. The number of halogens is 1. The third kappa shape index (κ3) is 8.81. The minimum absolute atomic E-state index is 0.0761. The van der Waals surface area contributed by atoms with Gasteiger partial charge in [-0.25, -0.2) is 0 Å². The zero-order valence-electron chi connectivity index (χ0n) is 22.3. The topological polar surface area (TPSA) is 125 Å². The molecule has 2 amide bonds. The lowest BCUT2D eigenvalue weighted by atomic mass is 9.88. The third-order valence-corrected chi connectivity index (χ3v) is 7.09. The number of hydrogen-bond acceptors (Lipinski definition) is 7. The van der Waals surface area contributed by atoms with Gasteiger partial charge in [-0.05, 0) is 59.7 Å². The summed E-state index contributed by atoms with van der Waals surface area (Å²) >= 11 is 2.02. The Kier molecular flexibility index (Phi) is 13.8. The maximum absolute atomic E-state index is 13.2. The fourth-order valence-electron chi connectivity index (χ4n) is 4.30. The predicted molar refractivity (Wildman–Crippen MR) is 153 cm³/mol. The smallest absolute Gasteiger partial charge is 0.247 e. The SMILES string of the molecule is CCC=CC(=O)N(CCCCCC)C1CC(C(=O)NCCO)=CC(Oc2c(I)cc(C=O)cc2OC)C1O. The van der Waals surface area contributed by atoms with Crippen molar-refractivity contribution in [1.29, 1.82) is 0 Å². The number of carbonyl (C=O) groups excluding carboxylic acids is 3. The van der Waals surface area contributed by atoms with Gasteiger partial charge in [0.05, 0.1) is 23.3 Å². The van der Waals surface area contributed by atoms with Crippen LogP contribution >= 0.6 is 22.6 Å². The summed E-state index contributed by atoms with van der Waals surface area (Å²) in [5.41, 5.74) is 0.759. The number of hydrogen-bond donors (Lipinski definition) is 3. The molecule has 1 aliphatic carbocycles. The Hall–Kier alpha value is -2.44. The molecule has 210 valence electrons. The molecular weight excluding hydrogens is 603 g/mol. The average molecular weight is 643 g/mol. The van der Waals surface area contributed by atoms with Gasteiger partial charge in [0.25, 0.3) is 0 Å².